The molecule has 0 N–H and O–H groups in total. The summed E-state index contributed by atoms with van der Waals surface area (Å²) in [6.45, 7) is 2.99. The summed E-state index contributed by atoms with van der Waals surface area (Å²) in [5.74, 6) is 0.181. The highest BCUT2D eigenvalue weighted by molar-refractivity contribution is 6.42. The van der Waals surface area contributed by atoms with Gasteiger partial charge in [0.2, 0.25) is 5.91 Å². The summed E-state index contributed by atoms with van der Waals surface area (Å²) in [5, 5.41) is 1.04. The van der Waals surface area contributed by atoms with Gasteiger partial charge in [-0.3, -0.25) is 4.79 Å². The first-order valence-electron chi connectivity index (χ1n) is 6.31. The lowest BCUT2D eigenvalue weighted by Crippen LogP contribution is -2.42. The number of nitrogens with zero attached hydrogens (tertiary/aromatic N) is 1. The van der Waals surface area contributed by atoms with E-state index in [-0.39, 0.29) is 5.91 Å². The van der Waals surface area contributed by atoms with E-state index < -0.39 is 0 Å². The molecule has 0 spiro atoms. The smallest absolute Gasteiger partial charge is 0.227 e. The standard InChI is InChI=1S/C14H17Cl2NO/c1-10-4-2-3-7-17(10)14(18)9-11-5-6-12(15)13(16)8-11/h5-6,8,10H,2-4,7,9H2,1H3. The van der Waals surface area contributed by atoms with Gasteiger partial charge in [0.1, 0.15) is 0 Å². The van der Waals surface area contributed by atoms with Crippen LogP contribution >= 0.6 is 23.2 Å². The van der Waals surface area contributed by atoms with E-state index in [1.807, 2.05) is 11.0 Å². The highest BCUT2D eigenvalue weighted by Gasteiger charge is 2.23. The van der Waals surface area contributed by atoms with Crippen LogP contribution in [0.3, 0.4) is 0 Å². The quantitative estimate of drug-likeness (QED) is 0.806. The Bertz CT molecular complexity index is 447. The molecule has 1 unspecified atom stereocenters. The molecule has 2 rings (SSSR count). The van der Waals surface area contributed by atoms with Gasteiger partial charge < -0.3 is 4.90 Å². The van der Waals surface area contributed by atoms with E-state index in [9.17, 15) is 4.79 Å². The highest BCUT2D eigenvalue weighted by atomic mass is 35.5. The molecule has 1 aromatic rings. The average Bonchev–Trinajstić information content (AvgIpc) is 2.34. The van der Waals surface area contributed by atoms with Gasteiger partial charge in [-0.2, -0.15) is 0 Å². The maximum atomic E-state index is 12.2. The van der Waals surface area contributed by atoms with Gasteiger partial charge in [-0.15, -0.1) is 0 Å². The van der Waals surface area contributed by atoms with Crippen molar-refractivity contribution in [2.75, 3.05) is 6.54 Å². The molecule has 0 bridgehead atoms. The van der Waals surface area contributed by atoms with E-state index in [2.05, 4.69) is 6.92 Å². The molecular formula is C14H17Cl2NO. The number of halogens is 2. The lowest BCUT2D eigenvalue weighted by Gasteiger charge is -2.33. The van der Waals surface area contributed by atoms with Crippen molar-refractivity contribution in [3.63, 3.8) is 0 Å². The van der Waals surface area contributed by atoms with Crippen molar-refractivity contribution in [3.05, 3.63) is 33.8 Å². The molecule has 0 radical (unpaired) electrons. The van der Waals surface area contributed by atoms with Crippen LogP contribution in [0.2, 0.25) is 10.0 Å². The molecule has 0 aromatic heterocycles. The Morgan fingerprint density at radius 1 is 1.33 bits per heavy atom. The second kappa shape index (κ2) is 5.94. The zero-order valence-corrected chi connectivity index (χ0v) is 12.0. The molecule has 1 aromatic carbocycles. The molecule has 1 saturated heterocycles. The van der Waals surface area contributed by atoms with Crippen molar-refractivity contribution >= 4 is 29.1 Å². The maximum Gasteiger partial charge on any atom is 0.227 e. The summed E-state index contributed by atoms with van der Waals surface area (Å²) in [6, 6.07) is 5.73. The summed E-state index contributed by atoms with van der Waals surface area (Å²) < 4.78 is 0. The molecule has 1 aliphatic heterocycles. The molecule has 2 nitrogen and oxygen atoms in total. The normalized spacial score (nSPS) is 19.9. The van der Waals surface area contributed by atoms with Gasteiger partial charge in [0, 0.05) is 12.6 Å². The second-order valence-electron chi connectivity index (χ2n) is 4.86. The number of rotatable bonds is 2. The van der Waals surface area contributed by atoms with Crippen LogP contribution in [0.4, 0.5) is 0 Å². The van der Waals surface area contributed by atoms with Gasteiger partial charge in [0.25, 0.3) is 0 Å². The van der Waals surface area contributed by atoms with Gasteiger partial charge in [0.05, 0.1) is 16.5 Å². The van der Waals surface area contributed by atoms with E-state index in [4.69, 9.17) is 23.2 Å². The third-order valence-corrected chi connectivity index (χ3v) is 4.20. The largest absolute Gasteiger partial charge is 0.340 e. The van der Waals surface area contributed by atoms with Crippen LogP contribution in [0.1, 0.15) is 31.7 Å². The van der Waals surface area contributed by atoms with Crippen molar-refractivity contribution < 1.29 is 4.79 Å². The molecule has 1 aliphatic rings. The Morgan fingerprint density at radius 2 is 2.11 bits per heavy atom. The first-order chi connectivity index (χ1) is 8.58. The lowest BCUT2D eigenvalue weighted by molar-refractivity contribution is -0.133. The van der Waals surface area contributed by atoms with E-state index in [1.54, 1.807) is 12.1 Å². The number of carbonyl (C=O) groups excluding carboxylic acids is 1. The van der Waals surface area contributed by atoms with Crippen molar-refractivity contribution in [1.29, 1.82) is 0 Å². The second-order valence-corrected chi connectivity index (χ2v) is 5.67. The summed E-state index contributed by atoms with van der Waals surface area (Å²) in [5.41, 5.74) is 0.923. The maximum absolute atomic E-state index is 12.2. The fraction of sp³-hybridized carbons (Fsp3) is 0.500. The number of benzene rings is 1. The van der Waals surface area contributed by atoms with E-state index in [0.29, 0.717) is 22.5 Å². The number of likely N-dealkylation sites (tertiary alicyclic amines) is 1. The molecule has 98 valence electrons. The fourth-order valence-corrected chi connectivity index (χ4v) is 2.72. The van der Waals surface area contributed by atoms with Crippen LogP contribution in [0, 0.1) is 0 Å². The van der Waals surface area contributed by atoms with Crippen molar-refractivity contribution in [2.45, 2.75) is 38.6 Å². The molecule has 1 amide bonds. The Kier molecular flexibility index (Phi) is 4.52. The number of piperidine rings is 1. The summed E-state index contributed by atoms with van der Waals surface area (Å²) >= 11 is 11.8. The number of hydrogen-bond donors (Lipinski definition) is 0. The van der Waals surface area contributed by atoms with Gasteiger partial charge in [0.15, 0.2) is 0 Å². The molecule has 0 aliphatic carbocycles. The van der Waals surface area contributed by atoms with Gasteiger partial charge >= 0.3 is 0 Å². The van der Waals surface area contributed by atoms with Crippen LogP contribution in [-0.2, 0) is 11.2 Å². The molecule has 18 heavy (non-hydrogen) atoms. The highest BCUT2D eigenvalue weighted by Crippen LogP contribution is 2.24. The lowest BCUT2D eigenvalue weighted by atomic mass is 10.0. The molecule has 1 atom stereocenters. The Balaban J connectivity index is 2.04. The topological polar surface area (TPSA) is 20.3 Å². The third-order valence-electron chi connectivity index (χ3n) is 3.46. The van der Waals surface area contributed by atoms with Crippen LogP contribution in [0.5, 0.6) is 0 Å². The number of amides is 1. The van der Waals surface area contributed by atoms with Gasteiger partial charge in [-0.05, 0) is 43.9 Å². The SMILES string of the molecule is CC1CCCCN1C(=O)Cc1ccc(Cl)c(Cl)c1. The first-order valence-corrected chi connectivity index (χ1v) is 7.07. The average molecular weight is 286 g/mol. The van der Waals surface area contributed by atoms with Crippen LogP contribution < -0.4 is 0 Å². The van der Waals surface area contributed by atoms with Crippen molar-refractivity contribution in [1.82, 2.24) is 4.90 Å². The zero-order valence-electron chi connectivity index (χ0n) is 10.5. The van der Waals surface area contributed by atoms with E-state index in [0.717, 1.165) is 24.9 Å². The summed E-state index contributed by atoms with van der Waals surface area (Å²) in [6.07, 6.45) is 3.84. The number of hydrogen-bond acceptors (Lipinski definition) is 1. The van der Waals surface area contributed by atoms with Crippen LogP contribution in [0.25, 0.3) is 0 Å². The predicted molar refractivity (Wildman–Crippen MR) is 75.2 cm³/mol. The predicted octanol–water partition coefficient (Wildman–Crippen LogP) is 3.94. The molecule has 1 heterocycles. The monoisotopic (exact) mass is 285 g/mol. The van der Waals surface area contributed by atoms with Crippen LogP contribution in [0.15, 0.2) is 18.2 Å². The fourth-order valence-electron chi connectivity index (χ4n) is 2.39. The molecular weight excluding hydrogens is 269 g/mol. The molecule has 4 heteroatoms. The number of carbonyl (C=O) groups is 1. The van der Waals surface area contributed by atoms with E-state index >= 15 is 0 Å². The minimum Gasteiger partial charge on any atom is -0.340 e. The van der Waals surface area contributed by atoms with Crippen molar-refractivity contribution in [2.24, 2.45) is 0 Å². The summed E-state index contributed by atoms with van der Waals surface area (Å²) in [7, 11) is 0. The Labute approximate surface area is 118 Å². The van der Waals surface area contributed by atoms with Gasteiger partial charge in [-0.1, -0.05) is 29.3 Å². The molecule has 1 fully saturated rings. The third kappa shape index (κ3) is 3.18. The first kappa shape index (κ1) is 13.7. The minimum absolute atomic E-state index is 0.181. The van der Waals surface area contributed by atoms with E-state index in [1.165, 1.54) is 6.42 Å². The summed E-state index contributed by atoms with van der Waals surface area (Å²) in [4.78, 5) is 14.2. The zero-order chi connectivity index (χ0) is 13.1. The Hall–Kier alpha value is -0.730. The van der Waals surface area contributed by atoms with Crippen molar-refractivity contribution in [3.8, 4) is 0 Å². The van der Waals surface area contributed by atoms with Gasteiger partial charge in [-0.25, -0.2) is 0 Å². The Morgan fingerprint density at radius 3 is 2.78 bits per heavy atom. The molecule has 0 saturated carbocycles. The van der Waals surface area contributed by atoms with Crippen LogP contribution in [-0.4, -0.2) is 23.4 Å². The minimum atomic E-state index is 0.181.